The van der Waals surface area contributed by atoms with Crippen molar-refractivity contribution in [3.8, 4) is 0 Å². The summed E-state index contributed by atoms with van der Waals surface area (Å²) in [6.45, 7) is 32.1. The van der Waals surface area contributed by atoms with Crippen LogP contribution < -0.4 is 0 Å². The summed E-state index contributed by atoms with van der Waals surface area (Å²) in [7, 11) is 0. The summed E-state index contributed by atoms with van der Waals surface area (Å²) in [5, 5.41) is 21.2. The van der Waals surface area contributed by atoms with Gasteiger partial charge in [0.25, 0.3) is 0 Å². The SMILES string of the molecule is CC(C)(CCN1CCC(CCO)CC1)c1ccc(Cl)cc1.CC(C)(CCN1CCC(Cl)CC1)CCN1CCC(O)(c2ccccc2)CC1.CCOC(=O)C1CCN(C(C=C(C)C)CC(C)(C)c2ccc(C(F)(F)F)cc2)CC1. The van der Waals surface area contributed by atoms with Gasteiger partial charge in [0.15, 0.2) is 0 Å². The van der Waals surface area contributed by atoms with Gasteiger partial charge in [-0.2, -0.15) is 13.2 Å². The van der Waals surface area contributed by atoms with E-state index in [1.807, 2.05) is 37.3 Å². The number of halogens is 5. The Balaban J connectivity index is 0.000000219. The summed E-state index contributed by atoms with van der Waals surface area (Å²) in [5.41, 5.74) is 3.54. The van der Waals surface area contributed by atoms with Gasteiger partial charge in [0.2, 0.25) is 0 Å². The Morgan fingerprint density at radius 1 is 0.692 bits per heavy atom. The van der Waals surface area contributed by atoms with Gasteiger partial charge in [-0.3, -0.25) is 9.69 Å². The molecule has 1 atom stereocenters. The molecule has 0 saturated carbocycles. The second-order valence-corrected chi connectivity index (χ2v) is 26.4. The normalized spacial score (nSPS) is 19.5. The molecule has 7 rings (SSSR count). The van der Waals surface area contributed by atoms with Crippen LogP contribution in [0.2, 0.25) is 5.02 Å². The van der Waals surface area contributed by atoms with Crippen molar-refractivity contribution < 1.29 is 32.9 Å². The number of benzene rings is 3. The summed E-state index contributed by atoms with van der Waals surface area (Å²) in [5.74, 6) is 0.577. The molecule has 4 fully saturated rings. The van der Waals surface area contributed by atoms with Crippen LogP contribution in [-0.2, 0) is 32.1 Å². The molecule has 8 nitrogen and oxygen atoms in total. The van der Waals surface area contributed by atoms with Crippen LogP contribution in [0.5, 0.6) is 0 Å². The number of aliphatic hydroxyl groups excluding tert-OH is 1. The van der Waals surface area contributed by atoms with Gasteiger partial charge < -0.3 is 29.6 Å². The van der Waals surface area contributed by atoms with E-state index in [0.717, 1.165) is 138 Å². The number of nitrogens with zero attached hydrogens (tertiary/aromatic N) is 4. The third-order valence-corrected chi connectivity index (χ3v) is 18.2. The summed E-state index contributed by atoms with van der Waals surface area (Å²) >= 11 is 12.2. The lowest BCUT2D eigenvalue weighted by molar-refractivity contribution is -0.149. The molecule has 0 amide bonds. The molecule has 3 aromatic carbocycles. The minimum atomic E-state index is -4.32. The molecule has 78 heavy (non-hydrogen) atoms. The van der Waals surface area contributed by atoms with Crippen molar-refractivity contribution in [3.05, 3.63) is 118 Å². The maximum atomic E-state index is 12.9. The molecule has 2 N–H and O–H groups in total. The van der Waals surface area contributed by atoms with Crippen molar-refractivity contribution in [2.75, 3.05) is 85.2 Å². The van der Waals surface area contributed by atoms with Gasteiger partial charge in [0, 0.05) is 36.1 Å². The van der Waals surface area contributed by atoms with Gasteiger partial charge >= 0.3 is 12.1 Å². The number of carbonyl (C=O) groups excluding carboxylic acids is 1. The van der Waals surface area contributed by atoms with E-state index < -0.39 is 17.3 Å². The van der Waals surface area contributed by atoms with E-state index in [1.165, 1.54) is 62.9 Å². The van der Waals surface area contributed by atoms with Crippen LogP contribution in [0.15, 0.2) is 90.5 Å². The summed E-state index contributed by atoms with van der Waals surface area (Å²) in [6, 6.07) is 24.1. The molecule has 4 saturated heterocycles. The maximum absolute atomic E-state index is 12.9. The van der Waals surface area contributed by atoms with E-state index in [1.54, 1.807) is 12.1 Å². The Bertz CT molecular complexity index is 2210. The Labute approximate surface area is 479 Å². The molecule has 1 unspecified atom stereocenters. The highest BCUT2D eigenvalue weighted by Crippen LogP contribution is 2.37. The number of piperidine rings is 4. The zero-order valence-corrected chi connectivity index (χ0v) is 50.7. The molecule has 0 bridgehead atoms. The Morgan fingerprint density at radius 2 is 1.18 bits per heavy atom. The molecule has 0 aromatic heterocycles. The molecule has 4 aliphatic rings. The Morgan fingerprint density at radius 3 is 1.69 bits per heavy atom. The largest absolute Gasteiger partial charge is 0.466 e. The van der Waals surface area contributed by atoms with Crippen LogP contribution in [0.3, 0.4) is 0 Å². The Hall–Kier alpha value is -3.00. The van der Waals surface area contributed by atoms with E-state index in [2.05, 4.69) is 105 Å². The molecular weight excluding hydrogens is 1030 g/mol. The van der Waals surface area contributed by atoms with Gasteiger partial charge in [0.1, 0.15) is 0 Å². The predicted octanol–water partition coefficient (Wildman–Crippen LogP) is 14.6. The quantitative estimate of drug-likeness (QED) is 0.0658. The van der Waals surface area contributed by atoms with Crippen molar-refractivity contribution in [2.24, 2.45) is 17.3 Å². The van der Waals surface area contributed by atoms with Gasteiger partial charge in [-0.15, -0.1) is 11.6 Å². The standard InChI is InChI=1S/C24H34F3NO2.C23H37ClN2O.C18H28ClNO/c1-6-30-22(29)18-11-13-28(14-12-18)21(15-17(2)3)16-23(4,5)19-7-9-20(10-8-19)24(25,26)27;1-22(2,10-16-25-14-8-21(24)9-15-25)11-17-26-18-12-23(27,13-19-26)20-6-4-3-5-7-20;1-18(2,16-3-5-17(19)6-4-16)10-13-20-11-7-15(8-12-20)9-14-21/h7-10,15,18,21H,6,11-14,16H2,1-5H3;3-7,21,27H,8-19H2,1-2H3;3-6,15,21H,7-14H2,1-2H3. The van der Waals surface area contributed by atoms with Crippen LogP contribution in [0.4, 0.5) is 13.2 Å². The topological polar surface area (TPSA) is 79.7 Å². The van der Waals surface area contributed by atoms with Gasteiger partial charge in [0.05, 0.1) is 23.7 Å². The molecule has 13 heteroatoms. The second-order valence-electron chi connectivity index (χ2n) is 25.4. The van der Waals surface area contributed by atoms with E-state index in [-0.39, 0.29) is 28.8 Å². The summed E-state index contributed by atoms with van der Waals surface area (Å²) in [4.78, 5) is 22.1. The monoisotopic (exact) mass is 1130 g/mol. The molecule has 0 spiro atoms. The number of ether oxygens (including phenoxy) is 1. The molecule has 0 aliphatic carbocycles. The number of esters is 1. The zero-order chi connectivity index (χ0) is 57.2. The average Bonchev–Trinajstić information content (AvgIpc) is 3.43. The van der Waals surface area contributed by atoms with Crippen LogP contribution in [-0.4, -0.2) is 132 Å². The number of carbonyl (C=O) groups is 1. The van der Waals surface area contributed by atoms with Gasteiger partial charge in [-0.05, 0) is 226 Å². The lowest BCUT2D eigenvalue weighted by Gasteiger charge is -2.40. The fourth-order valence-electron chi connectivity index (χ4n) is 11.7. The number of rotatable bonds is 20. The first-order chi connectivity index (χ1) is 36.8. The van der Waals surface area contributed by atoms with Crippen LogP contribution >= 0.6 is 23.2 Å². The number of allylic oxidation sites excluding steroid dienone is 1. The zero-order valence-electron chi connectivity index (χ0n) is 49.2. The predicted molar refractivity (Wildman–Crippen MR) is 318 cm³/mol. The number of alkyl halides is 4. The third-order valence-electron chi connectivity index (χ3n) is 17.5. The van der Waals surface area contributed by atoms with E-state index in [4.69, 9.17) is 33.0 Å². The van der Waals surface area contributed by atoms with Crippen molar-refractivity contribution in [3.63, 3.8) is 0 Å². The summed E-state index contributed by atoms with van der Waals surface area (Å²) < 4.78 is 43.9. The minimum Gasteiger partial charge on any atom is -0.466 e. The fraction of sp³-hybridized carbons (Fsp3) is 0.677. The van der Waals surface area contributed by atoms with Crippen molar-refractivity contribution in [2.45, 2.75) is 180 Å². The molecular formula is C65H99Cl2F3N4O4. The van der Waals surface area contributed by atoms with E-state index in [0.29, 0.717) is 24.0 Å². The molecule has 0 radical (unpaired) electrons. The highest BCUT2D eigenvalue weighted by molar-refractivity contribution is 6.30. The fourth-order valence-corrected chi connectivity index (χ4v) is 12.0. The highest BCUT2D eigenvalue weighted by atomic mass is 35.5. The van der Waals surface area contributed by atoms with Gasteiger partial charge in [-0.1, -0.05) is 119 Å². The van der Waals surface area contributed by atoms with Crippen molar-refractivity contribution in [1.82, 2.24) is 19.6 Å². The van der Waals surface area contributed by atoms with Crippen LogP contribution in [0.1, 0.15) is 168 Å². The lowest BCUT2D eigenvalue weighted by atomic mass is 9.77. The minimum absolute atomic E-state index is 0.0449. The summed E-state index contributed by atoms with van der Waals surface area (Å²) in [6.07, 6.45) is 11.3. The number of likely N-dealkylation sites (tertiary alicyclic amines) is 4. The molecule has 4 aliphatic heterocycles. The molecule has 4 heterocycles. The maximum Gasteiger partial charge on any atom is 0.416 e. The molecule has 3 aromatic rings. The first-order valence-corrected chi connectivity index (χ1v) is 30.3. The van der Waals surface area contributed by atoms with Crippen molar-refractivity contribution in [1.29, 1.82) is 0 Å². The van der Waals surface area contributed by atoms with Crippen LogP contribution in [0.25, 0.3) is 0 Å². The lowest BCUT2D eigenvalue weighted by Crippen LogP contribution is -2.44. The highest BCUT2D eigenvalue weighted by Gasteiger charge is 2.36. The average molecular weight is 1130 g/mol. The first kappa shape index (κ1) is 65.8. The number of aliphatic hydroxyl groups is 2. The Kier molecular flexibility index (Phi) is 26.1. The van der Waals surface area contributed by atoms with Crippen molar-refractivity contribution >= 4 is 29.2 Å². The van der Waals surface area contributed by atoms with Gasteiger partial charge in [-0.25, -0.2) is 0 Å². The number of hydrogen-bond acceptors (Lipinski definition) is 8. The van der Waals surface area contributed by atoms with Crippen LogP contribution in [0, 0.1) is 17.3 Å². The first-order valence-electron chi connectivity index (χ1n) is 29.5. The second kappa shape index (κ2) is 30.9. The smallest absolute Gasteiger partial charge is 0.416 e. The number of hydrogen-bond donors (Lipinski definition) is 2. The third kappa shape index (κ3) is 21.7. The van der Waals surface area contributed by atoms with E-state index >= 15 is 0 Å². The van der Waals surface area contributed by atoms with E-state index in [9.17, 15) is 23.1 Å². The molecule has 438 valence electrons.